The molecule has 0 bridgehead atoms. The van der Waals surface area contributed by atoms with Crippen molar-refractivity contribution < 1.29 is 48.5 Å². The molecule has 0 radical (unpaired) electrons. The Morgan fingerprint density at radius 3 is 1.22 bits per heavy atom. The van der Waals surface area contributed by atoms with Crippen molar-refractivity contribution in [3.8, 4) is 0 Å². The first kappa shape index (κ1) is 22.4. The summed E-state index contributed by atoms with van der Waals surface area (Å²) in [5.41, 5.74) is 0. The Morgan fingerprint density at radius 1 is 1.22 bits per heavy atom. The molecule has 6 nitrogen and oxygen atoms in total. The first-order valence-electron chi connectivity index (χ1n) is 1.03. The van der Waals surface area contributed by atoms with Crippen molar-refractivity contribution in [1.82, 2.24) is 0 Å². The zero-order valence-corrected chi connectivity index (χ0v) is 7.09. The summed E-state index contributed by atoms with van der Waals surface area (Å²) in [5, 5.41) is 0. The fourth-order valence-electron chi connectivity index (χ4n) is 0. The standard InChI is InChI=1S/Al.H4N2.Na.H2O4S.4H/c;1-2;;1-5(2,3)4;;;;/h;1-2H2;;(H2,1,2,3,4);;;;/q;;+1;;;;;-1. The smallest absolute Gasteiger partial charge is 1.00 e. The maximum absolute atomic E-state index is 8.74. The Morgan fingerprint density at radius 2 is 1.22 bits per heavy atom. The molecule has 0 saturated heterocycles. The molecule has 54 valence electrons. The Hall–Kier alpha value is 1.32. The van der Waals surface area contributed by atoms with E-state index in [0.29, 0.717) is 0 Å². The molecule has 0 aliphatic rings. The van der Waals surface area contributed by atoms with Gasteiger partial charge < -0.3 is 1.43 Å². The quantitative estimate of drug-likeness (QED) is 0.128. The van der Waals surface area contributed by atoms with Gasteiger partial charge in [0.15, 0.2) is 17.4 Å². The van der Waals surface area contributed by atoms with Gasteiger partial charge in [-0.1, -0.05) is 0 Å². The van der Waals surface area contributed by atoms with Crippen LogP contribution in [0.2, 0.25) is 0 Å². The van der Waals surface area contributed by atoms with Gasteiger partial charge in [0.25, 0.3) is 0 Å². The van der Waals surface area contributed by atoms with Crippen LogP contribution in [0, 0.1) is 0 Å². The van der Waals surface area contributed by atoms with Crippen molar-refractivity contribution >= 4 is 27.8 Å². The van der Waals surface area contributed by atoms with Gasteiger partial charge in [-0.2, -0.15) is 8.42 Å². The van der Waals surface area contributed by atoms with Gasteiger partial charge in [0, 0.05) is 0 Å². The molecular weight excluding hydrogens is 174 g/mol. The SMILES string of the molecule is NN.O=S(=O)(O)O.[AlH3].[H-].[Na+]. The number of rotatable bonds is 0. The van der Waals surface area contributed by atoms with Crippen molar-refractivity contribution in [2.45, 2.75) is 0 Å². The van der Waals surface area contributed by atoms with Crippen LogP contribution in [-0.2, 0) is 10.4 Å². The Labute approximate surface area is 87.4 Å². The van der Waals surface area contributed by atoms with Crippen molar-refractivity contribution in [3.63, 3.8) is 0 Å². The van der Waals surface area contributed by atoms with E-state index < -0.39 is 10.4 Å². The van der Waals surface area contributed by atoms with E-state index in [-0.39, 0.29) is 48.3 Å². The first-order valence-corrected chi connectivity index (χ1v) is 2.43. The minimum Gasteiger partial charge on any atom is -1.00 e. The van der Waals surface area contributed by atoms with Crippen molar-refractivity contribution in [3.05, 3.63) is 0 Å². The topological polar surface area (TPSA) is 127 Å². The number of nitrogens with two attached hydrogens (primary N) is 2. The zero-order chi connectivity index (χ0) is 6.50. The van der Waals surface area contributed by atoms with Crippen LogP contribution in [0.4, 0.5) is 0 Å². The maximum Gasteiger partial charge on any atom is 1.00 e. The molecular formula is H10AlN2NaO4S. The van der Waals surface area contributed by atoms with Gasteiger partial charge in [-0.25, -0.2) is 0 Å². The number of hydrogen-bond acceptors (Lipinski definition) is 4. The summed E-state index contributed by atoms with van der Waals surface area (Å²) in [6, 6.07) is 0. The van der Waals surface area contributed by atoms with Gasteiger partial charge in [-0.05, 0) is 0 Å². The summed E-state index contributed by atoms with van der Waals surface area (Å²) in [5.74, 6) is 8.00. The van der Waals surface area contributed by atoms with E-state index in [1.165, 1.54) is 0 Å². The summed E-state index contributed by atoms with van der Waals surface area (Å²) in [4.78, 5) is 0. The molecule has 0 fully saturated rings. The summed E-state index contributed by atoms with van der Waals surface area (Å²) in [6.45, 7) is 0. The Bertz CT molecular complexity index is 106. The molecule has 9 heavy (non-hydrogen) atoms. The Kier molecular flexibility index (Phi) is 30.0. The maximum atomic E-state index is 8.74. The third-order valence-electron chi connectivity index (χ3n) is 0. The van der Waals surface area contributed by atoms with Crippen LogP contribution in [0.25, 0.3) is 0 Å². The van der Waals surface area contributed by atoms with E-state index >= 15 is 0 Å². The molecule has 0 aliphatic heterocycles. The van der Waals surface area contributed by atoms with Gasteiger partial charge in [0.1, 0.15) is 0 Å². The van der Waals surface area contributed by atoms with Gasteiger partial charge in [-0.3, -0.25) is 20.8 Å². The van der Waals surface area contributed by atoms with Crippen molar-refractivity contribution in [2.75, 3.05) is 0 Å². The average molecular weight is 184 g/mol. The van der Waals surface area contributed by atoms with E-state index in [1.54, 1.807) is 0 Å². The molecule has 0 saturated carbocycles. The molecule has 0 atom stereocenters. The molecule has 0 aromatic heterocycles. The summed E-state index contributed by atoms with van der Waals surface area (Å²) < 4.78 is 31.6. The van der Waals surface area contributed by atoms with Crippen molar-refractivity contribution in [2.24, 2.45) is 11.7 Å². The predicted octanol–water partition coefficient (Wildman–Crippen LogP) is -5.90. The summed E-state index contributed by atoms with van der Waals surface area (Å²) >= 11 is 0. The second-order valence-corrected chi connectivity index (χ2v) is 1.34. The molecule has 0 unspecified atom stereocenters. The van der Waals surface area contributed by atoms with Gasteiger partial charge in [-0.15, -0.1) is 0 Å². The minimum atomic E-state index is -4.67. The molecule has 0 spiro atoms. The van der Waals surface area contributed by atoms with E-state index in [4.69, 9.17) is 17.5 Å². The summed E-state index contributed by atoms with van der Waals surface area (Å²) in [6.07, 6.45) is 0. The predicted molar refractivity (Wildman–Crippen MR) is 33.6 cm³/mol. The van der Waals surface area contributed by atoms with Crippen LogP contribution >= 0.6 is 0 Å². The Balaban J connectivity index is -0.0000000154. The van der Waals surface area contributed by atoms with E-state index in [0.717, 1.165) is 0 Å². The second-order valence-electron chi connectivity index (χ2n) is 0.448. The van der Waals surface area contributed by atoms with Crippen LogP contribution < -0.4 is 41.2 Å². The van der Waals surface area contributed by atoms with Crippen molar-refractivity contribution in [1.29, 1.82) is 0 Å². The van der Waals surface area contributed by atoms with E-state index in [1.807, 2.05) is 0 Å². The van der Waals surface area contributed by atoms with Gasteiger partial charge in [0.2, 0.25) is 0 Å². The van der Waals surface area contributed by atoms with E-state index in [2.05, 4.69) is 11.7 Å². The number of hydrazine groups is 1. The first-order chi connectivity index (χ1) is 3.00. The second kappa shape index (κ2) is 12.0. The van der Waals surface area contributed by atoms with E-state index in [9.17, 15) is 0 Å². The van der Waals surface area contributed by atoms with Crippen LogP contribution in [0.3, 0.4) is 0 Å². The van der Waals surface area contributed by atoms with Gasteiger partial charge in [0.05, 0.1) is 0 Å². The molecule has 0 aromatic rings. The number of hydrogen-bond donors (Lipinski definition) is 4. The van der Waals surface area contributed by atoms with Crippen LogP contribution in [0.15, 0.2) is 0 Å². The zero-order valence-electron chi connectivity index (χ0n) is 5.27. The fraction of sp³-hybridized carbons (Fsp3) is 0. The third-order valence-corrected chi connectivity index (χ3v) is 0. The van der Waals surface area contributed by atoms with Crippen LogP contribution in [0.5, 0.6) is 0 Å². The molecule has 6 N–H and O–H groups in total. The molecule has 0 aromatic carbocycles. The summed E-state index contributed by atoms with van der Waals surface area (Å²) in [7, 11) is -4.67. The molecule has 0 aliphatic carbocycles. The normalized spacial score (nSPS) is 7.11. The molecule has 0 rings (SSSR count). The van der Waals surface area contributed by atoms with Crippen LogP contribution in [-0.4, -0.2) is 34.9 Å². The molecule has 9 heteroatoms. The van der Waals surface area contributed by atoms with Crippen LogP contribution in [0.1, 0.15) is 1.43 Å². The van der Waals surface area contributed by atoms with Gasteiger partial charge >= 0.3 is 40.0 Å². The minimum absolute atomic E-state index is 0. The fourth-order valence-corrected chi connectivity index (χ4v) is 0. The average Bonchev–Trinajstić information content (AvgIpc) is 1.36. The third kappa shape index (κ3) is 286. The largest absolute Gasteiger partial charge is 1.00 e. The molecule has 0 amide bonds. The molecule has 0 heterocycles. The monoisotopic (exact) mass is 184 g/mol.